The molecule has 1 nitrogen and oxygen atoms in total. The molecule has 0 aliphatic heterocycles. The fraction of sp³-hybridized carbons (Fsp3) is 0.538. The maximum absolute atomic E-state index is 3.54. The van der Waals surface area contributed by atoms with E-state index in [9.17, 15) is 0 Å². The van der Waals surface area contributed by atoms with Crippen molar-refractivity contribution in [2.24, 2.45) is 0 Å². The highest BCUT2D eigenvalue weighted by Gasteiger charge is 2.11. The first-order valence-electron chi connectivity index (χ1n) is 5.74. The zero-order chi connectivity index (χ0) is 12.1. The molecule has 0 spiro atoms. The summed E-state index contributed by atoms with van der Waals surface area (Å²) in [6.45, 7) is 9.82. The molecule has 0 aromatic heterocycles. The Morgan fingerprint density at radius 2 is 2.00 bits per heavy atom. The van der Waals surface area contributed by atoms with Gasteiger partial charge in [0.2, 0.25) is 0 Å². The van der Waals surface area contributed by atoms with E-state index in [1.807, 2.05) is 11.8 Å². The molecular weight excluding hydrogens is 282 g/mol. The van der Waals surface area contributed by atoms with E-state index in [2.05, 4.69) is 67.1 Å². The highest BCUT2D eigenvalue weighted by atomic mass is 79.9. The van der Waals surface area contributed by atoms with Crippen LogP contribution >= 0.6 is 27.7 Å². The Morgan fingerprint density at radius 1 is 1.31 bits per heavy atom. The van der Waals surface area contributed by atoms with Crippen LogP contribution in [0.15, 0.2) is 27.6 Å². The van der Waals surface area contributed by atoms with Gasteiger partial charge in [-0.3, -0.25) is 0 Å². The van der Waals surface area contributed by atoms with Crippen molar-refractivity contribution in [3.05, 3.63) is 28.2 Å². The third kappa shape index (κ3) is 4.11. The molecule has 0 heterocycles. The average molecular weight is 302 g/mol. The van der Waals surface area contributed by atoms with Crippen LogP contribution in [0, 0.1) is 0 Å². The van der Waals surface area contributed by atoms with E-state index in [0.717, 1.165) is 11.0 Å². The van der Waals surface area contributed by atoms with Gasteiger partial charge in [-0.25, -0.2) is 0 Å². The van der Waals surface area contributed by atoms with E-state index in [1.165, 1.54) is 10.5 Å². The number of hydrogen-bond acceptors (Lipinski definition) is 2. The summed E-state index contributed by atoms with van der Waals surface area (Å²) >= 11 is 5.47. The summed E-state index contributed by atoms with van der Waals surface area (Å²) in [5.41, 5.74) is 1.38. The first kappa shape index (κ1) is 14.1. The molecule has 16 heavy (non-hydrogen) atoms. The lowest BCUT2D eigenvalue weighted by Crippen LogP contribution is -2.18. The second-order valence-electron chi connectivity index (χ2n) is 4.13. The summed E-state index contributed by atoms with van der Waals surface area (Å²) in [7, 11) is 0. The fourth-order valence-electron chi connectivity index (χ4n) is 1.64. The van der Waals surface area contributed by atoms with Crippen molar-refractivity contribution in [3.8, 4) is 0 Å². The molecule has 1 rings (SSSR count). The molecule has 0 fully saturated rings. The Morgan fingerprint density at radius 3 is 2.56 bits per heavy atom. The molecule has 1 aromatic rings. The van der Waals surface area contributed by atoms with Gasteiger partial charge in [-0.1, -0.05) is 36.7 Å². The predicted octanol–water partition coefficient (Wildman–Crippen LogP) is 4.62. The molecule has 3 heteroatoms. The number of halogens is 1. The van der Waals surface area contributed by atoms with E-state index in [-0.39, 0.29) is 0 Å². The second-order valence-corrected chi connectivity index (χ2v) is 6.66. The quantitative estimate of drug-likeness (QED) is 0.797. The zero-order valence-corrected chi connectivity index (χ0v) is 12.8. The zero-order valence-electron chi connectivity index (χ0n) is 10.4. The average Bonchev–Trinajstić information content (AvgIpc) is 2.20. The highest BCUT2D eigenvalue weighted by molar-refractivity contribution is 9.10. The summed E-state index contributed by atoms with van der Waals surface area (Å²) in [6.07, 6.45) is 0. The molecule has 0 aliphatic rings. The van der Waals surface area contributed by atoms with Crippen LogP contribution in [0.1, 0.15) is 39.3 Å². The standard InChI is InChI=1S/C13H20BrNS/c1-5-15-10(4)12-8-11(14)6-7-13(12)16-9(2)3/h6-10,15H,5H2,1-4H3. The van der Waals surface area contributed by atoms with Gasteiger partial charge in [0.05, 0.1) is 0 Å². The minimum absolute atomic E-state index is 0.406. The Kier molecular flexibility index (Phi) is 5.87. The molecule has 0 bridgehead atoms. The van der Waals surface area contributed by atoms with E-state index >= 15 is 0 Å². The maximum atomic E-state index is 3.54. The maximum Gasteiger partial charge on any atom is 0.0303 e. The first-order chi connectivity index (χ1) is 7.54. The lowest BCUT2D eigenvalue weighted by molar-refractivity contribution is 0.589. The van der Waals surface area contributed by atoms with Crippen LogP contribution in [0.4, 0.5) is 0 Å². The van der Waals surface area contributed by atoms with Crippen LogP contribution in [-0.2, 0) is 0 Å². The molecule has 0 amide bonds. The largest absolute Gasteiger partial charge is 0.310 e. The highest BCUT2D eigenvalue weighted by Crippen LogP contribution is 2.32. The smallest absolute Gasteiger partial charge is 0.0303 e. The molecule has 1 unspecified atom stereocenters. The monoisotopic (exact) mass is 301 g/mol. The Bertz CT molecular complexity index is 339. The van der Waals surface area contributed by atoms with Crippen LogP contribution in [0.5, 0.6) is 0 Å². The normalized spacial score (nSPS) is 13.1. The van der Waals surface area contributed by atoms with Crippen molar-refractivity contribution in [1.29, 1.82) is 0 Å². The summed E-state index contributed by atoms with van der Waals surface area (Å²) in [5.74, 6) is 0. The Balaban J connectivity index is 2.97. The summed E-state index contributed by atoms with van der Waals surface area (Å²) in [5, 5.41) is 4.09. The minimum atomic E-state index is 0.406. The van der Waals surface area contributed by atoms with Crippen molar-refractivity contribution in [3.63, 3.8) is 0 Å². The molecule has 1 aromatic carbocycles. The van der Waals surface area contributed by atoms with Crippen LogP contribution < -0.4 is 5.32 Å². The van der Waals surface area contributed by atoms with Gasteiger partial charge in [0.25, 0.3) is 0 Å². The fourth-order valence-corrected chi connectivity index (χ4v) is 3.04. The van der Waals surface area contributed by atoms with Crippen molar-refractivity contribution >= 4 is 27.7 Å². The van der Waals surface area contributed by atoms with E-state index in [4.69, 9.17) is 0 Å². The van der Waals surface area contributed by atoms with Gasteiger partial charge in [0.15, 0.2) is 0 Å². The number of hydrogen-bond donors (Lipinski definition) is 1. The number of nitrogens with one attached hydrogen (secondary N) is 1. The van der Waals surface area contributed by atoms with E-state index in [0.29, 0.717) is 11.3 Å². The molecular formula is C13H20BrNS. The molecule has 0 aliphatic carbocycles. The van der Waals surface area contributed by atoms with Gasteiger partial charge in [-0.05, 0) is 37.2 Å². The van der Waals surface area contributed by atoms with E-state index in [1.54, 1.807) is 0 Å². The number of rotatable bonds is 5. The topological polar surface area (TPSA) is 12.0 Å². The third-order valence-corrected chi connectivity index (χ3v) is 3.90. The van der Waals surface area contributed by atoms with Crippen molar-refractivity contribution in [2.75, 3.05) is 6.54 Å². The second kappa shape index (κ2) is 6.67. The Hall–Kier alpha value is 0.01000. The van der Waals surface area contributed by atoms with Crippen molar-refractivity contribution in [2.45, 2.75) is 43.9 Å². The lowest BCUT2D eigenvalue weighted by Gasteiger charge is -2.18. The third-order valence-electron chi connectivity index (χ3n) is 2.31. The molecule has 0 saturated carbocycles. The lowest BCUT2D eigenvalue weighted by atomic mass is 10.1. The van der Waals surface area contributed by atoms with Gasteiger partial charge in [-0.15, -0.1) is 11.8 Å². The minimum Gasteiger partial charge on any atom is -0.310 e. The Labute approximate surface area is 112 Å². The van der Waals surface area contributed by atoms with Gasteiger partial charge >= 0.3 is 0 Å². The number of thioether (sulfide) groups is 1. The first-order valence-corrected chi connectivity index (χ1v) is 7.41. The van der Waals surface area contributed by atoms with Crippen molar-refractivity contribution < 1.29 is 0 Å². The van der Waals surface area contributed by atoms with Crippen LogP contribution in [0.2, 0.25) is 0 Å². The number of benzene rings is 1. The molecule has 0 radical (unpaired) electrons. The van der Waals surface area contributed by atoms with Gasteiger partial charge < -0.3 is 5.32 Å². The molecule has 1 atom stereocenters. The summed E-state index contributed by atoms with van der Waals surface area (Å²) < 4.78 is 1.15. The molecule has 90 valence electrons. The molecule has 0 saturated heterocycles. The van der Waals surface area contributed by atoms with E-state index < -0.39 is 0 Å². The van der Waals surface area contributed by atoms with Gasteiger partial charge in [0, 0.05) is 20.7 Å². The van der Waals surface area contributed by atoms with Crippen LogP contribution in [0.3, 0.4) is 0 Å². The predicted molar refractivity (Wildman–Crippen MR) is 77.2 cm³/mol. The van der Waals surface area contributed by atoms with Crippen molar-refractivity contribution in [1.82, 2.24) is 5.32 Å². The molecule has 1 N–H and O–H groups in total. The summed E-state index contributed by atoms with van der Waals surface area (Å²) in [6, 6.07) is 6.95. The van der Waals surface area contributed by atoms with Crippen LogP contribution in [-0.4, -0.2) is 11.8 Å². The van der Waals surface area contributed by atoms with Gasteiger partial charge in [0.1, 0.15) is 0 Å². The van der Waals surface area contributed by atoms with Crippen LogP contribution in [0.25, 0.3) is 0 Å². The summed E-state index contributed by atoms with van der Waals surface area (Å²) in [4.78, 5) is 1.38. The SMILES string of the molecule is CCNC(C)c1cc(Br)ccc1SC(C)C. The van der Waals surface area contributed by atoms with Gasteiger partial charge in [-0.2, -0.15) is 0 Å².